The van der Waals surface area contributed by atoms with Gasteiger partial charge in [-0.2, -0.15) is 0 Å². The number of rotatable bonds is 3. The van der Waals surface area contributed by atoms with E-state index in [4.69, 9.17) is 4.74 Å². The topological polar surface area (TPSA) is 67.9 Å². The lowest BCUT2D eigenvalue weighted by Crippen LogP contribution is -2.09. The highest BCUT2D eigenvalue weighted by Crippen LogP contribution is 2.20. The summed E-state index contributed by atoms with van der Waals surface area (Å²) < 4.78 is 5.54. The Kier molecular flexibility index (Phi) is 3.18. The van der Waals surface area contributed by atoms with Crippen molar-refractivity contribution in [3.8, 4) is 17.0 Å². The minimum atomic E-state index is -0.377. The summed E-state index contributed by atoms with van der Waals surface area (Å²) in [6.45, 7) is 3.89. The van der Waals surface area contributed by atoms with E-state index in [1.807, 2.05) is 19.9 Å². The Hall–Kier alpha value is -2.17. The molecule has 0 aliphatic heterocycles. The fraction of sp³-hybridized carbons (Fsp3) is 0.250. The van der Waals surface area contributed by atoms with Gasteiger partial charge in [0.2, 0.25) is 0 Å². The number of aromatic nitrogens is 3. The van der Waals surface area contributed by atoms with Gasteiger partial charge in [0.15, 0.2) is 0 Å². The van der Waals surface area contributed by atoms with Crippen LogP contribution in [0.3, 0.4) is 0 Å². The molecule has 0 spiro atoms. The molecule has 0 aliphatic rings. The Balaban J connectivity index is 2.36. The molecule has 0 saturated heterocycles. The Bertz CT molecular complexity index is 563. The smallest absolute Gasteiger partial charge is 0.345 e. The van der Waals surface area contributed by atoms with Crippen LogP contribution in [0.25, 0.3) is 11.3 Å². The number of nitrogens with one attached hydrogen (secondary N) is 1. The molecule has 0 aromatic carbocycles. The van der Waals surface area contributed by atoms with Crippen LogP contribution in [0.2, 0.25) is 0 Å². The van der Waals surface area contributed by atoms with Gasteiger partial charge in [-0.25, -0.2) is 9.78 Å². The van der Waals surface area contributed by atoms with Crippen LogP contribution in [0.5, 0.6) is 5.75 Å². The molecule has 5 nitrogen and oxygen atoms in total. The molecule has 2 aromatic rings. The zero-order valence-corrected chi connectivity index (χ0v) is 9.68. The number of pyridine rings is 1. The van der Waals surface area contributed by atoms with Crippen LogP contribution < -0.4 is 10.4 Å². The van der Waals surface area contributed by atoms with Gasteiger partial charge in [0.25, 0.3) is 0 Å². The normalized spacial score (nSPS) is 10.5. The molecular formula is C12H13N3O2. The third-order valence-corrected chi connectivity index (χ3v) is 2.07. The highest BCUT2D eigenvalue weighted by atomic mass is 16.5. The molecule has 2 rings (SSSR count). The zero-order chi connectivity index (χ0) is 12.3. The van der Waals surface area contributed by atoms with Crippen molar-refractivity contribution in [2.24, 2.45) is 0 Å². The van der Waals surface area contributed by atoms with Crippen LogP contribution in [0.15, 0.2) is 35.5 Å². The molecule has 17 heavy (non-hydrogen) atoms. The minimum Gasteiger partial charge on any atom is -0.489 e. The fourth-order valence-electron chi connectivity index (χ4n) is 1.44. The largest absolute Gasteiger partial charge is 0.489 e. The lowest BCUT2D eigenvalue weighted by Gasteiger charge is -2.10. The van der Waals surface area contributed by atoms with Gasteiger partial charge in [-0.05, 0) is 26.0 Å². The molecule has 0 unspecified atom stereocenters. The molecule has 88 valence electrons. The molecule has 2 heterocycles. The summed E-state index contributed by atoms with van der Waals surface area (Å²) in [5.74, 6) is 0.676. The number of hydrogen-bond donors (Lipinski definition) is 1. The van der Waals surface area contributed by atoms with Crippen LogP contribution in [-0.2, 0) is 0 Å². The molecule has 2 aromatic heterocycles. The van der Waals surface area contributed by atoms with Gasteiger partial charge in [-0.3, -0.25) is 4.98 Å². The number of aromatic amines is 1. The second-order valence-electron chi connectivity index (χ2n) is 3.86. The van der Waals surface area contributed by atoms with Crippen LogP contribution in [0.4, 0.5) is 0 Å². The van der Waals surface area contributed by atoms with Crippen molar-refractivity contribution in [2.45, 2.75) is 20.0 Å². The van der Waals surface area contributed by atoms with Gasteiger partial charge in [0.1, 0.15) is 5.75 Å². The maximum absolute atomic E-state index is 11.1. The highest BCUT2D eigenvalue weighted by Gasteiger charge is 2.03. The maximum atomic E-state index is 11.1. The number of ether oxygens (including phenoxy) is 1. The minimum absolute atomic E-state index is 0.0866. The lowest BCUT2D eigenvalue weighted by molar-refractivity contribution is 0.241. The monoisotopic (exact) mass is 231 g/mol. The molecule has 0 saturated carbocycles. The van der Waals surface area contributed by atoms with Crippen LogP contribution in [0, 0.1) is 0 Å². The Labute approximate surface area is 98.5 Å². The summed E-state index contributed by atoms with van der Waals surface area (Å²) in [6, 6.07) is 3.55. The SMILES string of the molecule is CC(C)Oc1cncc(-c2ccnc(=O)[nH]2)c1. The van der Waals surface area contributed by atoms with Crippen molar-refractivity contribution in [3.05, 3.63) is 41.2 Å². The van der Waals surface area contributed by atoms with Crippen LogP contribution in [-0.4, -0.2) is 21.1 Å². The van der Waals surface area contributed by atoms with Gasteiger partial charge in [-0.15, -0.1) is 0 Å². The van der Waals surface area contributed by atoms with Gasteiger partial charge in [0.05, 0.1) is 18.0 Å². The summed E-state index contributed by atoms with van der Waals surface area (Å²) in [5, 5.41) is 0. The second kappa shape index (κ2) is 4.78. The molecule has 5 heteroatoms. The first kappa shape index (κ1) is 11.3. The summed E-state index contributed by atoms with van der Waals surface area (Å²) in [4.78, 5) is 21.4. The first-order valence-corrected chi connectivity index (χ1v) is 5.32. The molecule has 0 fully saturated rings. The quantitative estimate of drug-likeness (QED) is 0.871. The molecular weight excluding hydrogens is 218 g/mol. The van der Waals surface area contributed by atoms with E-state index < -0.39 is 0 Å². The van der Waals surface area contributed by atoms with E-state index in [9.17, 15) is 4.79 Å². The highest BCUT2D eigenvalue weighted by molar-refractivity contribution is 5.58. The van der Waals surface area contributed by atoms with E-state index in [-0.39, 0.29) is 11.8 Å². The predicted octanol–water partition coefficient (Wildman–Crippen LogP) is 1.62. The standard InChI is InChI=1S/C12H13N3O2/c1-8(2)17-10-5-9(6-13-7-10)11-3-4-14-12(16)15-11/h3-8H,1-2H3,(H,14,15,16). The van der Waals surface area contributed by atoms with Crippen molar-refractivity contribution < 1.29 is 4.74 Å². The molecule has 0 bridgehead atoms. The second-order valence-corrected chi connectivity index (χ2v) is 3.86. The van der Waals surface area contributed by atoms with E-state index in [2.05, 4.69) is 15.0 Å². The van der Waals surface area contributed by atoms with E-state index >= 15 is 0 Å². The summed E-state index contributed by atoms with van der Waals surface area (Å²) >= 11 is 0. The average Bonchev–Trinajstić information content (AvgIpc) is 2.28. The van der Waals surface area contributed by atoms with Crippen LogP contribution in [0.1, 0.15) is 13.8 Å². The third-order valence-electron chi connectivity index (χ3n) is 2.07. The van der Waals surface area contributed by atoms with E-state index in [1.165, 1.54) is 6.20 Å². The molecule has 0 amide bonds. The third kappa shape index (κ3) is 2.90. The Morgan fingerprint density at radius 3 is 2.88 bits per heavy atom. The maximum Gasteiger partial charge on any atom is 0.345 e. The van der Waals surface area contributed by atoms with E-state index in [1.54, 1.807) is 18.5 Å². The van der Waals surface area contributed by atoms with Gasteiger partial charge in [-0.1, -0.05) is 0 Å². The predicted molar refractivity (Wildman–Crippen MR) is 63.9 cm³/mol. The molecule has 0 aliphatic carbocycles. The number of nitrogens with zero attached hydrogens (tertiary/aromatic N) is 2. The van der Waals surface area contributed by atoms with Crippen molar-refractivity contribution in [1.82, 2.24) is 15.0 Å². The molecule has 1 N–H and O–H groups in total. The van der Waals surface area contributed by atoms with Crippen molar-refractivity contribution in [1.29, 1.82) is 0 Å². The summed E-state index contributed by atoms with van der Waals surface area (Å²) in [7, 11) is 0. The van der Waals surface area contributed by atoms with Crippen molar-refractivity contribution >= 4 is 0 Å². The first-order chi connectivity index (χ1) is 8.15. The van der Waals surface area contributed by atoms with E-state index in [0.717, 1.165) is 5.56 Å². The summed E-state index contributed by atoms with van der Waals surface area (Å²) in [5.41, 5.74) is 1.09. The number of hydrogen-bond acceptors (Lipinski definition) is 4. The molecule has 0 radical (unpaired) electrons. The van der Waals surface area contributed by atoms with Crippen molar-refractivity contribution in [3.63, 3.8) is 0 Å². The fourth-order valence-corrected chi connectivity index (χ4v) is 1.44. The van der Waals surface area contributed by atoms with Crippen LogP contribution >= 0.6 is 0 Å². The van der Waals surface area contributed by atoms with Gasteiger partial charge >= 0.3 is 5.69 Å². The van der Waals surface area contributed by atoms with Crippen molar-refractivity contribution in [2.75, 3.05) is 0 Å². The first-order valence-electron chi connectivity index (χ1n) is 5.32. The zero-order valence-electron chi connectivity index (χ0n) is 9.68. The Morgan fingerprint density at radius 2 is 2.18 bits per heavy atom. The summed E-state index contributed by atoms with van der Waals surface area (Å²) in [6.07, 6.45) is 4.86. The van der Waals surface area contributed by atoms with E-state index in [0.29, 0.717) is 11.4 Å². The average molecular weight is 231 g/mol. The Morgan fingerprint density at radius 1 is 1.35 bits per heavy atom. The number of H-pyrrole nitrogens is 1. The van der Waals surface area contributed by atoms with Gasteiger partial charge in [0, 0.05) is 18.0 Å². The lowest BCUT2D eigenvalue weighted by atomic mass is 10.2. The molecule has 0 atom stereocenters. The van der Waals surface area contributed by atoms with Gasteiger partial charge < -0.3 is 9.72 Å².